The molecule has 7 nitrogen and oxygen atoms in total. The molecule has 0 unspecified atom stereocenters. The first kappa shape index (κ1) is 21.1. The summed E-state index contributed by atoms with van der Waals surface area (Å²) < 4.78 is 6.07. The minimum Gasteiger partial charge on any atom is -0.495 e. The van der Waals surface area contributed by atoms with Crippen LogP contribution in [0.2, 0.25) is 5.02 Å². The Hall–Kier alpha value is -2.10. The Balaban J connectivity index is 1.43. The van der Waals surface area contributed by atoms with Crippen LogP contribution < -0.4 is 15.0 Å². The van der Waals surface area contributed by atoms with Crippen molar-refractivity contribution in [3.8, 4) is 5.75 Å². The molecule has 10 heteroatoms. The zero-order valence-corrected chi connectivity index (χ0v) is 18.9. The highest BCUT2D eigenvalue weighted by Crippen LogP contribution is 2.34. The molecule has 30 heavy (non-hydrogen) atoms. The Morgan fingerprint density at radius 2 is 2.07 bits per heavy atom. The third-order valence-electron chi connectivity index (χ3n) is 4.80. The summed E-state index contributed by atoms with van der Waals surface area (Å²) in [5.74, 6) is 0.662. The van der Waals surface area contributed by atoms with Crippen LogP contribution in [0.1, 0.15) is 25.7 Å². The lowest BCUT2D eigenvalue weighted by molar-refractivity contribution is -0.113. The number of methoxy groups -OCH3 is 1. The Morgan fingerprint density at radius 1 is 1.27 bits per heavy atom. The summed E-state index contributed by atoms with van der Waals surface area (Å²) in [4.78, 5) is 28.2. The van der Waals surface area contributed by atoms with Gasteiger partial charge in [-0.05, 0) is 31.0 Å². The molecular weight excluding hydrogens is 442 g/mol. The van der Waals surface area contributed by atoms with Crippen LogP contribution in [0.15, 0.2) is 29.6 Å². The number of nitrogens with zero attached hydrogens (tertiary/aromatic N) is 4. The molecular formula is C20H22ClN5O2S2. The van der Waals surface area contributed by atoms with Crippen LogP contribution in [-0.4, -0.2) is 46.8 Å². The van der Waals surface area contributed by atoms with Crippen LogP contribution in [0.25, 0.3) is 10.3 Å². The predicted molar refractivity (Wildman–Crippen MR) is 123 cm³/mol. The average Bonchev–Trinajstić information content (AvgIpc) is 2.99. The van der Waals surface area contributed by atoms with Gasteiger partial charge in [-0.1, -0.05) is 47.5 Å². The number of hydrogen-bond acceptors (Lipinski definition) is 8. The van der Waals surface area contributed by atoms with Gasteiger partial charge in [0.15, 0.2) is 10.8 Å². The van der Waals surface area contributed by atoms with E-state index in [0.29, 0.717) is 22.1 Å². The number of carbonyl (C=O) groups excluding carboxylic acids is 1. The molecule has 158 valence electrons. The third-order valence-corrected chi connectivity index (χ3v) is 7.33. The number of nitrogens with one attached hydrogen (secondary N) is 1. The molecule has 1 amide bonds. The van der Waals surface area contributed by atoms with Gasteiger partial charge in [-0.25, -0.2) is 9.97 Å². The quantitative estimate of drug-likeness (QED) is 0.413. The number of fused-ring (bicyclic) bond motifs is 1. The van der Waals surface area contributed by atoms with E-state index in [1.165, 1.54) is 43.8 Å². The van der Waals surface area contributed by atoms with Crippen molar-refractivity contribution < 1.29 is 9.53 Å². The van der Waals surface area contributed by atoms with Gasteiger partial charge in [0.05, 0.1) is 17.9 Å². The van der Waals surface area contributed by atoms with E-state index in [0.717, 1.165) is 27.9 Å². The summed E-state index contributed by atoms with van der Waals surface area (Å²) in [6, 6.07) is 5.15. The predicted octanol–water partition coefficient (Wildman–Crippen LogP) is 4.86. The first-order chi connectivity index (χ1) is 14.6. The fourth-order valence-corrected chi connectivity index (χ4v) is 5.50. The molecule has 0 atom stereocenters. The van der Waals surface area contributed by atoms with Crippen molar-refractivity contribution in [2.75, 3.05) is 36.2 Å². The number of hydrogen-bond donors (Lipinski definition) is 1. The highest BCUT2D eigenvalue weighted by Gasteiger charge is 2.18. The molecule has 3 aromatic rings. The van der Waals surface area contributed by atoms with Gasteiger partial charge < -0.3 is 15.0 Å². The molecule has 0 spiro atoms. The fourth-order valence-electron chi connectivity index (χ4n) is 3.30. The molecule has 2 aromatic heterocycles. The minimum atomic E-state index is -0.134. The van der Waals surface area contributed by atoms with E-state index in [2.05, 4.69) is 20.2 Å². The van der Waals surface area contributed by atoms with Crippen LogP contribution in [-0.2, 0) is 4.79 Å². The van der Waals surface area contributed by atoms with Crippen molar-refractivity contribution >= 4 is 61.8 Å². The lowest BCUT2D eigenvalue weighted by Crippen LogP contribution is -2.23. The number of thioether (sulfide) groups is 1. The first-order valence-corrected chi connectivity index (χ1v) is 11.9. The maximum Gasteiger partial charge on any atom is 0.234 e. The topological polar surface area (TPSA) is 80.2 Å². The van der Waals surface area contributed by atoms with E-state index in [9.17, 15) is 4.79 Å². The summed E-state index contributed by atoms with van der Waals surface area (Å²) in [6.45, 7) is 2.06. The lowest BCUT2D eigenvalue weighted by atomic mass is 10.2. The second-order valence-corrected chi connectivity index (χ2v) is 9.26. The van der Waals surface area contributed by atoms with Crippen LogP contribution in [0.4, 0.5) is 10.8 Å². The van der Waals surface area contributed by atoms with Crippen molar-refractivity contribution in [1.29, 1.82) is 0 Å². The maximum absolute atomic E-state index is 12.4. The molecule has 1 saturated heterocycles. The average molecular weight is 464 g/mol. The van der Waals surface area contributed by atoms with E-state index in [1.807, 2.05) is 0 Å². The van der Waals surface area contributed by atoms with Crippen LogP contribution >= 0.6 is 34.7 Å². The number of anilines is 2. The molecule has 1 aliphatic rings. The van der Waals surface area contributed by atoms with Crippen molar-refractivity contribution in [2.45, 2.75) is 30.7 Å². The van der Waals surface area contributed by atoms with Gasteiger partial charge in [0.1, 0.15) is 21.8 Å². The molecule has 3 heterocycles. The number of amides is 1. The molecule has 0 aliphatic carbocycles. The Labute approximate surface area is 188 Å². The molecule has 4 rings (SSSR count). The van der Waals surface area contributed by atoms with Gasteiger partial charge in [-0.3, -0.25) is 4.79 Å². The molecule has 1 aromatic carbocycles. The molecule has 0 radical (unpaired) electrons. The summed E-state index contributed by atoms with van der Waals surface area (Å²) in [7, 11) is 1.55. The molecule has 1 fully saturated rings. The number of rotatable bonds is 6. The number of aromatic nitrogens is 3. The van der Waals surface area contributed by atoms with Crippen LogP contribution in [0, 0.1) is 0 Å². The summed E-state index contributed by atoms with van der Waals surface area (Å²) in [5, 5.41) is 5.07. The largest absolute Gasteiger partial charge is 0.495 e. The normalized spacial score (nSPS) is 14.5. The SMILES string of the molecule is COc1ccc(NC(=O)CSc2ncnc3nc(N4CCCCCC4)sc23)cc1Cl. The lowest BCUT2D eigenvalue weighted by Gasteiger charge is -2.18. The summed E-state index contributed by atoms with van der Waals surface area (Å²) in [6.07, 6.45) is 6.45. The fraction of sp³-hybridized carbons (Fsp3) is 0.400. The molecule has 1 aliphatic heterocycles. The van der Waals surface area contributed by atoms with Gasteiger partial charge in [-0.2, -0.15) is 4.98 Å². The van der Waals surface area contributed by atoms with E-state index >= 15 is 0 Å². The summed E-state index contributed by atoms with van der Waals surface area (Å²) >= 11 is 9.11. The van der Waals surface area contributed by atoms with E-state index < -0.39 is 0 Å². The standard InChI is InChI=1S/C20H22ClN5O2S2/c1-28-15-7-6-13(10-14(15)21)24-16(27)11-29-19-17-18(22-12-23-19)25-20(30-17)26-8-4-2-3-5-9-26/h6-7,10,12H,2-5,8-9,11H2,1H3,(H,24,27). The minimum absolute atomic E-state index is 0.134. The van der Waals surface area contributed by atoms with Gasteiger partial charge in [-0.15, -0.1) is 0 Å². The van der Waals surface area contributed by atoms with Crippen LogP contribution in [0.3, 0.4) is 0 Å². The van der Waals surface area contributed by atoms with Gasteiger partial charge in [0, 0.05) is 18.8 Å². The van der Waals surface area contributed by atoms with Crippen molar-refractivity contribution in [2.24, 2.45) is 0 Å². The van der Waals surface area contributed by atoms with Crippen molar-refractivity contribution in [3.05, 3.63) is 29.5 Å². The Kier molecular flexibility index (Phi) is 6.91. The second kappa shape index (κ2) is 9.80. The zero-order valence-electron chi connectivity index (χ0n) is 16.6. The van der Waals surface area contributed by atoms with Gasteiger partial charge >= 0.3 is 0 Å². The van der Waals surface area contributed by atoms with Crippen molar-refractivity contribution in [3.63, 3.8) is 0 Å². The molecule has 1 N–H and O–H groups in total. The monoisotopic (exact) mass is 463 g/mol. The second-order valence-electron chi connectivity index (χ2n) is 6.92. The number of thiazole rings is 1. The van der Waals surface area contributed by atoms with E-state index in [1.54, 1.807) is 36.6 Å². The Bertz CT molecular complexity index is 1040. The first-order valence-electron chi connectivity index (χ1n) is 9.77. The van der Waals surface area contributed by atoms with Crippen molar-refractivity contribution in [1.82, 2.24) is 15.0 Å². The number of halogens is 1. The highest BCUT2D eigenvalue weighted by molar-refractivity contribution is 8.00. The Morgan fingerprint density at radius 3 is 2.80 bits per heavy atom. The smallest absolute Gasteiger partial charge is 0.234 e. The third kappa shape index (κ3) is 4.96. The van der Waals surface area contributed by atoms with Gasteiger partial charge in [0.25, 0.3) is 0 Å². The number of ether oxygens (including phenoxy) is 1. The summed E-state index contributed by atoms with van der Waals surface area (Å²) in [5.41, 5.74) is 1.32. The molecule has 0 saturated carbocycles. The number of carbonyl (C=O) groups is 1. The van der Waals surface area contributed by atoms with E-state index in [-0.39, 0.29) is 11.7 Å². The molecule has 0 bridgehead atoms. The van der Waals surface area contributed by atoms with Crippen LogP contribution in [0.5, 0.6) is 5.75 Å². The zero-order chi connectivity index (χ0) is 20.9. The highest BCUT2D eigenvalue weighted by atomic mass is 35.5. The maximum atomic E-state index is 12.4. The van der Waals surface area contributed by atoms with Gasteiger partial charge in [0.2, 0.25) is 5.91 Å². The number of benzene rings is 1. The van der Waals surface area contributed by atoms with E-state index in [4.69, 9.17) is 21.3 Å².